The number of anilines is 1. The first-order valence-electron chi connectivity index (χ1n) is 8.70. The van der Waals surface area contributed by atoms with Crippen LogP contribution in [0.4, 0.5) is 5.13 Å². The van der Waals surface area contributed by atoms with E-state index in [0.29, 0.717) is 10.8 Å². The first kappa shape index (κ1) is 16.0. The van der Waals surface area contributed by atoms with Gasteiger partial charge in [-0.15, -0.1) is 11.3 Å². The van der Waals surface area contributed by atoms with Gasteiger partial charge in [-0.1, -0.05) is 31.0 Å². The van der Waals surface area contributed by atoms with Crippen molar-refractivity contribution in [2.24, 2.45) is 0 Å². The number of benzene rings is 1. The van der Waals surface area contributed by atoms with Crippen LogP contribution in [0.1, 0.15) is 46.7 Å². The van der Waals surface area contributed by atoms with E-state index in [4.69, 9.17) is 0 Å². The van der Waals surface area contributed by atoms with E-state index in [1.165, 1.54) is 30.6 Å². The van der Waals surface area contributed by atoms with Crippen molar-refractivity contribution in [3.05, 3.63) is 58.9 Å². The Kier molecular flexibility index (Phi) is 4.61. The molecule has 1 aromatic carbocycles. The number of nitrogens with one attached hydrogen (secondary N) is 1. The van der Waals surface area contributed by atoms with Gasteiger partial charge >= 0.3 is 0 Å². The molecule has 0 aliphatic heterocycles. The predicted molar refractivity (Wildman–Crippen MR) is 99.5 cm³/mol. The largest absolute Gasteiger partial charge is 0.296 e. The van der Waals surface area contributed by atoms with Gasteiger partial charge in [0, 0.05) is 11.1 Å². The lowest BCUT2D eigenvalue weighted by Gasteiger charge is -2.06. The zero-order valence-electron chi connectivity index (χ0n) is 13.9. The molecular formula is C19H20N4OS. The van der Waals surface area contributed by atoms with E-state index in [-0.39, 0.29) is 5.91 Å². The molecule has 1 N–H and O–H groups in total. The quantitative estimate of drug-likeness (QED) is 0.767. The van der Waals surface area contributed by atoms with Crippen molar-refractivity contribution in [3.63, 3.8) is 0 Å². The average molecular weight is 352 g/mol. The number of rotatable bonds is 3. The molecule has 0 saturated carbocycles. The van der Waals surface area contributed by atoms with Crippen LogP contribution in [0.15, 0.2) is 42.6 Å². The summed E-state index contributed by atoms with van der Waals surface area (Å²) >= 11 is 1.61. The van der Waals surface area contributed by atoms with Crippen LogP contribution in [-0.4, -0.2) is 20.7 Å². The lowest BCUT2D eigenvalue weighted by molar-refractivity contribution is 0.102. The molecule has 128 valence electrons. The van der Waals surface area contributed by atoms with Gasteiger partial charge in [0.15, 0.2) is 10.8 Å². The van der Waals surface area contributed by atoms with Crippen LogP contribution in [0.25, 0.3) is 5.69 Å². The SMILES string of the molecule is O=C(Nc1nc2c(s1)CCCCCC2)c1ccn(-c2ccccc2)n1. The molecule has 0 atom stereocenters. The topological polar surface area (TPSA) is 59.8 Å². The highest BCUT2D eigenvalue weighted by atomic mass is 32.1. The van der Waals surface area contributed by atoms with Crippen LogP contribution in [0.2, 0.25) is 0 Å². The number of thiazole rings is 1. The number of hydrogen-bond donors (Lipinski definition) is 1. The second-order valence-electron chi connectivity index (χ2n) is 6.24. The Bertz CT molecular complexity index is 843. The molecule has 0 radical (unpaired) electrons. The molecule has 0 spiro atoms. The molecule has 1 amide bonds. The molecule has 5 nitrogen and oxygen atoms in total. The van der Waals surface area contributed by atoms with E-state index in [1.54, 1.807) is 28.3 Å². The first-order valence-corrected chi connectivity index (χ1v) is 9.52. The van der Waals surface area contributed by atoms with Gasteiger partial charge in [-0.25, -0.2) is 9.67 Å². The van der Waals surface area contributed by atoms with E-state index in [1.807, 2.05) is 30.3 Å². The van der Waals surface area contributed by atoms with Crippen molar-refractivity contribution < 1.29 is 4.79 Å². The zero-order chi connectivity index (χ0) is 17.1. The predicted octanol–water partition coefficient (Wildman–Crippen LogP) is 4.24. The van der Waals surface area contributed by atoms with E-state index in [0.717, 1.165) is 24.2 Å². The third-order valence-corrected chi connectivity index (χ3v) is 5.48. The summed E-state index contributed by atoms with van der Waals surface area (Å²) in [4.78, 5) is 18.4. The van der Waals surface area contributed by atoms with Crippen LogP contribution in [0.5, 0.6) is 0 Å². The van der Waals surface area contributed by atoms with Gasteiger partial charge in [-0.3, -0.25) is 10.1 Å². The van der Waals surface area contributed by atoms with Crippen LogP contribution in [0, 0.1) is 0 Å². The fraction of sp³-hybridized carbons (Fsp3) is 0.316. The number of para-hydroxylation sites is 1. The average Bonchev–Trinajstić information content (AvgIpc) is 3.23. The van der Waals surface area contributed by atoms with Gasteiger partial charge in [-0.05, 0) is 43.9 Å². The van der Waals surface area contributed by atoms with E-state index in [2.05, 4.69) is 15.4 Å². The number of fused-ring (bicyclic) bond motifs is 1. The number of hydrogen-bond acceptors (Lipinski definition) is 4. The summed E-state index contributed by atoms with van der Waals surface area (Å²) in [5.41, 5.74) is 2.49. The minimum Gasteiger partial charge on any atom is -0.296 e. The number of aromatic nitrogens is 3. The highest BCUT2D eigenvalue weighted by Gasteiger charge is 2.16. The highest BCUT2D eigenvalue weighted by molar-refractivity contribution is 7.15. The van der Waals surface area contributed by atoms with Crippen molar-refractivity contribution in [1.82, 2.24) is 14.8 Å². The molecule has 1 aliphatic carbocycles. The minimum atomic E-state index is -0.212. The van der Waals surface area contributed by atoms with Crippen LogP contribution in [-0.2, 0) is 12.8 Å². The summed E-state index contributed by atoms with van der Waals surface area (Å²) in [7, 11) is 0. The lowest BCUT2D eigenvalue weighted by atomic mass is 10.0. The van der Waals surface area contributed by atoms with Crippen molar-refractivity contribution in [2.45, 2.75) is 38.5 Å². The first-order chi connectivity index (χ1) is 12.3. The summed E-state index contributed by atoms with van der Waals surface area (Å²) in [6.07, 6.45) is 8.85. The summed E-state index contributed by atoms with van der Waals surface area (Å²) < 4.78 is 1.70. The Balaban J connectivity index is 1.49. The second kappa shape index (κ2) is 7.19. The van der Waals surface area contributed by atoms with Gasteiger partial charge < -0.3 is 0 Å². The lowest BCUT2D eigenvalue weighted by Crippen LogP contribution is -2.13. The molecule has 0 unspecified atom stereocenters. The van der Waals surface area contributed by atoms with Crippen molar-refractivity contribution in [3.8, 4) is 5.69 Å². The van der Waals surface area contributed by atoms with Crippen molar-refractivity contribution in [2.75, 3.05) is 5.32 Å². The standard InChI is InChI=1S/C19H20N4OS/c24-18(16-12-13-23(22-16)14-8-4-3-5-9-14)21-19-20-15-10-6-1-2-7-11-17(15)25-19/h3-5,8-9,12-13H,1-2,6-7,10-11H2,(H,20,21,24). The number of aryl methyl sites for hydroxylation is 2. The molecule has 0 saturated heterocycles. The summed E-state index contributed by atoms with van der Waals surface area (Å²) in [6, 6.07) is 11.5. The molecule has 4 rings (SSSR count). The molecule has 0 bridgehead atoms. The van der Waals surface area contributed by atoms with Gasteiger partial charge in [0.1, 0.15) is 0 Å². The molecule has 6 heteroatoms. The normalized spacial score (nSPS) is 14.4. The molecule has 3 aromatic rings. The Morgan fingerprint density at radius 3 is 2.68 bits per heavy atom. The highest BCUT2D eigenvalue weighted by Crippen LogP contribution is 2.28. The zero-order valence-corrected chi connectivity index (χ0v) is 14.8. The summed E-state index contributed by atoms with van der Waals surface area (Å²) in [5, 5.41) is 7.97. The van der Waals surface area contributed by atoms with Crippen LogP contribution in [0.3, 0.4) is 0 Å². The van der Waals surface area contributed by atoms with Crippen LogP contribution < -0.4 is 5.32 Å². The van der Waals surface area contributed by atoms with E-state index in [9.17, 15) is 4.79 Å². The maximum absolute atomic E-state index is 12.5. The van der Waals surface area contributed by atoms with E-state index >= 15 is 0 Å². The second-order valence-corrected chi connectivity index (χ2v) is 7.32. The Morgan fingerprint density at radius 2 is 1.84 bits per heavy atom. The molecule has 2 heterocycles. The number of amides is 1. The molecule has 1 aliphatic rings. The maximum Gasteiger partial charge on any atom is 0.277 e. The fourth-order valence-corrected chi connectivity index (χ4v) is 4.13. The maximum atomic E-state index is 12.5. The summed E-state index contributed by atoms with van der Waals surface area (Å²) in [5.74, 6) is -0.212. The molecule has 0 fully saturated rings. The van der Waals surface area contributed by atoms with Crippen LogP contribution >= 0.6 is 11.3 Å². The fourth-order valence-electron chi connectivity index (χ4n) is 3.09. The number of carbonyl (C=O) groups is 1. The van der Waals surface area contributed by atoms with Crippen molar-refractivity contribution >= 4 is 22.4 Å². The van der Waals surface area contributed by atoms with Gasteiger partial charge in [-0.2, -0.15) is 5.10 Å². The molecule has 25 heavy (non-hydrogen) atoms. The summed E-state index contributed by atoms with van der Waals surface area (Å²) in [6.45, 7) is 0. The molecule has 2 aromatic heterocycles. The third kappa shape index (κ3) is 3.64. The monoisotopic (exact) mass is 352 g/mol. The number of carbonyl (C=O) groups excluding carboxylic acids is 1. The Hall–Kier alpha value is -2.47. The Morgan fingerprint density at radius 1 is 1.04 bits per heavy atom. The third-order valence-electron chi connectivity index (χ3n) is 4.41. The van der Waals surface area contributed by atoms with E-state index < -0.39 is 0 Å². The van der Waals surface area contributed by atoms with Gasteiger partial charge in [0.05, 0.1) is 11.4 Å². The van der Waals surface area contributed by atoms with Gasteiger partial charge in [0.2, 0.25) is 0 Å². The minimum absolute atomic E-state index is 0.212. The smallest absolute Gasteiger partial charge is 0.277 e. The Labute approximate surface area is 150 Å². The van der Waals surface area contributed by atoms with Crippen molar-refractivity contribution in [1.29, 1.82) is 0 Å². The number of nitrogens with zero attached hydrogens (tertiary/aromatic N) is 3. The van der Waals surface area contributed by atoms with Gasteiger partial charge in [0.25, 0.3) is 5.91 Å². The molecular weight excluding hydrogens is 332 g/mol.